The van der Waals surface area contributed by atoms with Gasteiger partial charge in [-0.05, 0) is 60.9 Å². The first-order valence-electron chi connectivity index (χ1n) is 11.0. The number of methoxy groups -OCH3 is 2. The maximum absolute atomic E-state index is 12.8. The van der Waals surface area contributed by atoms with Crippen molar-refractivity contribution in [2.24, 2.45) is 5.92 Å². The van der Waals surface area contributed by atoms with E-state index in [1.54, 1.807) is 44.6 Å². The highest BCUT2D eigenvalue weighted by Gasteiger charge is 2.27. The molecule has 4 rings (SSSR count). The van der Waals surface area contributed by atoms with E-state index in [1.165, 1.54) is 10.7 Å². The minimum absolute atomic E-state index is 0.0194. The lowest BCUT2D eigenvalue weighted by Gasteiger charge is -2.33. The largest absolute Gasteiger partial charge is 0.497 e. The van der Waals surface area contributed by atoms with Gasteiger partial charge in [0.2, 0.25) is 5.91 Å². The van der Waals surface area contributed by atoms with Gasteiger partial charge in [0, 0.05) is 25.7 Å². The summed E-state index contributed by atoms with van der Waals surface area (Å²) in [5.41, 5.74) is 1.43. The van der Waals surface area contributed by atoms with Crippen molar-refractivity contribution in [3.05, 3.63) is 76.6 Å². The van der Waals surface area contributed by atoms with E-state index in [-0.39, 0.29) is 17.4 Å². The molecule has 1 atom stereocenters. The summed E-state index contributed by atoms with van der Waals surface area (Å²) in [7, 11) is 3.22. The van der Waals surface area contributed by atoms with E-state index < -0.39 is 0 Å². The number of anilines is 1. The molecule has 1 aliphatic heterocycles. The Morgan fingerprint density at radius 2 is 1.85 bits per heavy atom. The Balaban J connectivity index is 1.44. The van der Waals surface area contributed by atoms with Crippen molar-refractivity contribution in [2.75, 3.05) is 32.2 Å². The van der Waals surface area contributed by atoms with E-state index in [1.807, 2.05) is 24.3 Å². The minimum Gasteiger partial charge on any atom is -0.497 e. The Kier molecular flexibility index (Phi) is 6.92. The molecule has 8 nitrogen and oxygen atoms in total. The first-order chi connectivity index (χ1) is 16.1. The van der Waals surface area contributed by atoms with Crippen molar-refractivity contribution in [1.82, 2.24) is 15.1 Å². The SMILES string of the molecule is COc1ccc(-n2nc(N3CCCC(C(=O)NCc4cccc(OC)c4)C3)ccc2=O)cc1. The topological polar surface area (TPSA) is 85.7 Å². The molecular formula is C25H28N4O4. The van der Waals surface area contributed by atoms with Crippen LogP contribution in [0, 0.1) is 5.92 Å². The maximum Gasteiger partial charge on any atom is 0.271 e. The van der Waals surface area contributed by atoms with Crippen LogP contribution in [0.2, 0.25) is 0 Å². The zero-order valence-electron chi connectivity index (χ0n) is 18.9. The predicted molar refractivity (Wildman–Crippen MR) is 126 cm³/mol. The molecule has 0 spiro atoms. The van der Waals surface area contributed by atoms with Crippen molar-refractivity contribution in [2.45, 2.75) is 19.4 Å². The summed E-state index contributed by atoms with van der Waals surface area (Å²) in [4.78, 5) is 27.3. The Morgan fingerprint density at radius 3 is 2.61 bits per heavy atom. The summed E-state index contributed by atoms with van der Waals surface area (Å²) in [5, 5.41) is 7.61. The number of nitrogens with zero attached hydrogens (tertiary/aromatic N) is 3. The number of benzene rings is 2. The highest BCUT2D eigenvalue weighted by atomic mass is 16.5. The Bertz CT molecular complexity index is 1160. The van der Waals surface area contributed by atoms with Crippen LogP contribution in [0.25, 0.3) is 5.69 Å². The zero-order valence-corrected chi connectivity index (χ0v) is 18.9. The number of nitrogens with one attached hydrogen (secondary N) is 1. The van der Waals surface area contributed by atoms with Gasteiger partial charge in [-0.25, -0.2) is 0 Å². The van der Waals surface area contributed by atoms with Crippen LogP contribution in [0.3, 0.4) is 0 Å². The van der Waals surface area contributed by atoms with E-state index in [2.05, 4.69) is 15.3 Å². The first kappa shape index (κ1) is 22.4. The van der Waals surface area contributed by atoms with Gasteiger partial charge < -0.3 is 19.7 Å². The second kappa shape index (κ2) is 10.2. The third-order valence-corrected chi connectivity index (χ3v) is 5.82. The number of amides is 1. The molecule has 1 fully saturated rings. The molecule has 1 N–H and O–H groups in total. The summed E-state index contributed by atoms with van der Waals surface area (Å²) < 4.78 is 11.8. The van der Waals surface area contributed by atoms with Crippen LogP contribution in [0.15, 0.2) is 65.5 Å². The molecule has 3 aromatic rings. The molecule has 0 saturated carbocycles. The minimum atomic E-state index is -0.214. The number of hydrogen-bond acceptors (Lipinski definition) is 6. The average molecular weight is 449 g/mol. The summed E-state index contributed by atoms with van der Waals surface area (Å²) >= 11 is 0. The molecule has 33 heavy (non-hydrogen) atoms. The van der Waals surface area contributed by atoms with Gasteiger partial charge in [-0.3, -0.25) is 9.59 Å². The monoisotopic (exact) mass is 448 g/mol. The molecule has 0 radical (unpaired) electrons. The number of piperidine rings is 1. The fourth-order valence-electron chi connectivity index (χ4n) is 3.99. The summed E-state index contributed by atoms with van der Waals surface area (Å²) in [5.74, 6) is 2.03. The molecule has 2 aromatic carbocycles. The molecule has 1 aromatic heterocycles. The maximum atomic E-state index is 12.8. The second-order valence-corrected chi connectivity index (χ2v) is 7.99. The molecule has 2 heterocycles. The van der Waals surface area contributed by atoms with Gasteiger partial charge in [0.25, 0.3) is 5.56 Å². The number of carbonyl (C=O) groups is 1. The van der Waals surface area contributed by atoms with Gasteiger partial charge in [0.15, 0.2) is 0 Å². The molecule has 1 amide bonds. The van der Waals surface area contributed by atoms with Crippen LogP contribution in [-0.2, 0) is 11.3 Å². The van der Waals surface area contributed by atoms with Crippen LogP contribution < -0.4 is 25.2 Å². The van der Waals surface area contributed by atoms with Gasteiger partial charge in [0.1, 0.15) is 17.3 Å². The normalized spacial score (nSPS) is 15.7. The Morgan fingerprint density at radius 1 is 1.06 bits per heavy atom. The van der Waals surface area contributed by atoms with Gasteiger partial charge in [-0.15, -0.1) is 5.10 Å². The van der Waals surface area contributed by atoms with Crippen molar-refractivity contribution >= 4 is 11.7 Å². The van der Waals surface area contributed by atoms with Crippen LogP contribution in [0.5, 0.6) is 11.5 Å². The Hall–Kier alpha value is -3.81. The van der Waals surface area contributed by atoms with Crippen LogP contribution in [-0.4, -0.2) is 43.0 Å². The fourth-order valence-corrected chi connectivity index (χ4v) is 3.99. The molecular weight excluding hydrogens is 420 g/mol. The lowest BCUT2D eigenvalue weighted by molar-refractivity contribution is -0.125. The number of ether oxygens (including phenoxy) is 2. The van der Waals surface area contributed by atoms with Crippen LogP contribution in [0.4, 0.5) is 5.82 Å². The number of hydrogen-bond donors (Lipinski definition) is 1. The molecule has 172 valence electrons. The number of carbonyl (C=O) groups excluding carboxylic acids is 1. The smallest absolute Gasteiger partial charge is 0.271 e. The van der Waals surface area contributed by atoms with E-state index in [0.29, 0.717) is 30.3 Å². The highest BCUT2D eigenvalue weighted by molar-refractivity contribution is 5.79. The fraction of sp³-hybridized carbons (Fsp3) is 0.320. The number of rotatable bonds is 7. The van der Waals surface area contributed by atoms with Crippen LogP contribution in [0.1, 0.15) is 18.4 Å². The number of aromatic nitrogens is 2. The molecule has 1 saturated heterocycles. The van der Waals surface area contributed by atoms with Crippen molar-refractivity contribution in [3.63, 3.8) is 0 Å². The van der Waals surface area contributed by atoms with E-state index in [9.17, 15) is 9.59 Å². The lowest BCUT2D eigenvalue weighted by atomic mass is 9.97. The van der Waals surface area contributed by atoms with Crippen LogP contribution >= 0.6 is 0 Å². The van der Waals surface area contributed by atoms with E-state index >= 15 is 0 Å². The van der Waals surface area contributed by atoms with Gasteiger partial charge in [-0.2, -0.15) is 4.68 Å². The van der Waals surface area contributed by atoms with E-state index in [4.69, 9.17) is 9.47 Å². The highest BCUT2D eigenvalue weighted by Crippen LogP contribution is 2.22. The summed E-state index contributed by atoms with van der Waals surface area (Å²) in [6, 6.07) is 18.1. The predicted octanol–water partition coefficient (Wildman–Crippen LogP) is 2.78. The lowest BCUT2D eigenvalue weighted by Crippen LogP contribution is -2.43. The molecule has 8 heteroatoms. The first-order valence-corrected chi connectivity index (χ1v) is 11.0. The average Bonchev–Trinajstić information content (AvgIpc) is 2.88. The third kappa shape index (κ3) is 5.34. The van der Waals surface area contributed by atoms with Gasteiger partial charge in [-0.1, -0.05) is 12.1 Å². The summed E-state index contributed by atoms with van der Waals surface area (Å²) in [6.45, 7) is 1.79. The molecule has 0 aliphatic carbocycles. The zero-order chi connectivity index (χ0) is 23.2. The summed E-state index contributed by atoms with van der Waals surface area (Å²) in [6.07, 6.45) is 1.69. The quantitative estimate of drug-likeness (QED) is 0.598. The van der Waals surface area contributed by atoms with Gasteiger partial charge >= 0.3 is 0 Å². The van der Waals surface area contributed by atoms with E-state index in [0.717, 1.165) is 30.7 Å². The van der Waals surface area contributed by atoms with Crippen molar-refractivity contribution in [1.29, 1.82) is 0 Å². The molecule has 1 unspecified atom stereocenters. The standard InChI is InChI=1S/C25H28N4O4/c1-32-21-10-8-20(9-11-21)29-24(30)13-12-23(27-29)28-14-4-6-19(17-28)25(31)26-16-18-5-3-7-22(15-18)33-2/h3,5,7-13,15,19H,4,6,14,16-17H2,1-2H3,(H,26,31). The van der Waals surface area contributed by atoms with Crippen molar-refractivity contribution in [3.8, 4) is 17.2 Å². The molecule has 1 aliphatic rings. The van der Waals surface area contributed by atoms with Gasteiger partial charge in [0.05, 0.1) is 25.8 Å². The third-order valence-electron chi connectivity index (χ3n) is 5.82. The molecule has 0 bridgehead atoms. The Labute approximate surface area is 192 Å². The van der Waals surface area contributed by atoms with Crippen molar-refractivity contribution < 1.29 is 14.3 Å². The second-order valence-electron chi connectivity index (χ2n) is 7.99.